The summed E-state index contributed by atoms with van der Waals surface area (Å²) >= 11 is 0. The van der Waals surface area contributed by atoms with Crippen LogP contribution in [-0.4, -0.2) is 18.9 Å². The fourth-order valence-electron chi connectivity index (χ4n) is 1.87. The largest absolute Gasteiger partial charge is 0.466 e. The van der Waals surface area contributed by atoms with Crippen molar-refractivity contribution < 1.29 is 14.3 Å². The minimum Gasteiger partial charge on any atom is -0.466 e. The number of esters is 1. The summed E-state index contributed by atoms with van der Waals surface area (Å²) in [7, 11) is 1.37. The van der Waals surface area contributed by atoms with Crippen LogP contribution in [0.4, 0.5) is 0 Å². The van der Waals surface area contributed by atoms with Crippen LogP contribution in [0.25, 0.3) is 0 Å². The van der Waals surface area contributed by atoms with E-state index < -0.39 is 0 Å². The molecule has 0 atom stereocenters. The molecule has 0 amide bonds. The van der Waals surface area contributed by atoms with Crippen molar-refractivity contribution in [3.05, 3.63) is 12.2 Å². The number of allylic oxidation sites excluding steroid dienone is 1. The normalized spacial score (nSPS) is 18.3. The van der Waals surface area contributed by atoms with Crippen LogP contribution in [0.2, 0.25) is 0 Å². The number of ether oxygens (including phenoxy) is 1. The van der Waals surface area contributed by atoms with Crippen LogP contribution in [0.1, 0.15) is 38.5 Å². The lowest BCUT2D eigenvalue weighted by Crippen LogP contribution is -2.13. The molecule has 1 aliphatic carbocycles. The van der Waals surface area contributed by atoms with Gasteiger partial charge in [-0.05, 0) is 31.6 Å². The van der Waals surface area contributed by atoms with E-state index in [-0.39, 0.29) is 5.97 Å². The van der Waals surface area contributed by atoms with Crippen molar-refractivity contribution in [1.29, 1.82) is 0 Å². The predicted octanol–water partition coefficient (Wildman–Crippen LogP) is 2.26. The molecule has 0 aromatic rings. The van der Waals surface area contributed by atoms with Gasteiger partial charge >= 0.3 is 5.97 Å². The molecule has 3 nitrogen and oxygen atoms in total. The van der Waals surface area contributed by atoms with Crippen molar-refractivity contribution >= 4 is 11.8 Å². The third-order valence-corrected chi connectivity index (χ3v) is 2.86. The molecule has 0 unspecified atom stereocenters. The summed E-state index contributed by atoms with van der Waals surface area (Å²) in [5.74, 6) is 0.759. The van der Waals surface area contributed by atoms with Crippen LogP contribution in [0.15, 0.2) is 12.2 Å². The topological polar surface area (TPSA) is 43.4 Å². The molecule has 0 spiro atoms. The lowest BCUT2D eigenvalue weighted by atomic mass is 9.85. The molecule has 15 heavy (non-hydrogen) atoms. The molecule has 0 aliphatic heterocycles. The minimum absolute atomic E-state index is 0.297. The second-order valence-electron chi connectivity index (χ2n) is 3.98. The summed E-state index contributed by atoms with van der Waals surface area (Å²) in [5.41, 5.74) is 0. The summed E-state index contributed by atoms with van der Waals surface area (Å²) < 4.78 is 4.49. The molecule has 0 radical (unpaired) electrons. The van der Waals surface area contributed by atoms with Gasteiger partial charge in [0.1, 0.15) is 5.78 Å². The molecule has 0 N–H and O–H groups in total. The lowest BCUT2D eigenvalue weighted by Gasteiger charge is -2.19. The number of ketones is 1. The number of carbonyl (C=O) groups is 2. The van der Waals surface area contributed by atoms with Crippen LogP contribution in [0.5, 0.6) is 0 Å². The highest BCUT2D eigenvalue weighted by Gasteiger charge is 2.17. The van der Waals surface area contributed by atoms with Crippen molar-refractivity contribution in [2.75, 3.05) is 7.11 Å². The average Bonchev–Trinajstić information content (AvgIpc) is 2.26. The minimum atomic E-state index is -0.297. The molecule has 1 rings (SSSR count). The quantitative estimate of drug-likeness (QED) is 0.528. The van der Waals surface area contributed by atoms with Gasteiger partial charge in [-0.2, -0.15) is 0 Å². The molecule has 1 aliphatic rings. The van der Waals surface area contributed by atoms with Gasteiger partial charge in [-0.15, -0.1) is 0 Å². The average molecular weight is 210 g/mol. The van der Waals surface area contributed by atoms with Gasteiger partial charge in [0.15, 0.2) is 0 Å². The molecule has 1 saturated carbocycles. The SMILES string of the molecule is COC(=O)/C=C\CCC1CCC(=O)CC1. The molecule has 3 heteroatoms. The Morgan fingerprint density at radius 2 is 2.13 bits per heavy atom. The van der Waals surface area contributed by atoms with E-state index in [0.29, 0.717) is 11.7 Å². The monoisotopic (exact) mass is 210 g/mol. The molecule has 1 fully saturated rings. The Morgan fingerprint density at radius 1 is 1.47 bits per heavy atom. The smallest absolute Gasteiger partial charge is 0.330 e. The lowest BCUT2D eigenvalue weighted by molar-refractivity contribution is -0.134. The van der Waals surface area contributed by atoms with Crippen LogP contribution in [0.3, 0.4) is 0 Å². The summed E-state index contributed by atoms with van der Waals surface area (Å²) in [4.78, 5) is 21.7. The molecular formula is C12H18O3. The van der Waals surface area contributed by atoms with Crippen molar-refractivity contribution in [3.63, 3.8) is 0 Å². The zero-order valence-corrected chi connectivity index (χ0v) is 9.20. The highest BCUT2D eigenvalue weighted by atomic mass is 16.5. The van der Waals surface area contributed by atoms with Gasteiger partial charge in [0.05, 0.1) is 7.11 Å². The molecule has 0 bridgehead atoms. The molecule has 0 aromatic carbocycles. The Labute approximate surface area is 90.5 Å². The first-order valence-electron chi connectivity index (χ1n) is 5.48. The van der Waals surface area contributed by atoms with Gasteiger partial charge in [0, 0.05) is 18.9 Å². The summed E-state index contributed by atoms with van der Waals surface area (Å²) in [6.07, 6.45) is 8.80. The number of hydrogen-bond donors (Lipinski definition) is 0. The summed E-state index contributed by atoms with van der Waals surface area (Å²) in [5, 5.41) is 0. The van der Waals surface area contributed by atoms with Crippen LogP contribution in [0, 0.1) is 5.92 Å². The summed E-state index contributed by atoms with van der Waals surface area (Å²) in [6.45, 7) is 0. The molecule has 0 saturated heterocycles. The number of rotatable bonds is 4. The van der Waals surface area contributed by atoms with Crippen LogP contribution < -0.4 is 0 Å². The van der Waals surface area contributed by atoms with Crippen molar-refractivity contribution in [3.8, 4) is 0 Å². The van der Waals surface area contributed by atoms with E-state index in [1.54, 1.807) is 0 Å². The van der Waals surface area contributed by atoms with E-state index in [9.17, 15) is 9.59 Å². The third-order valence-electron chi connectivity index (χ3n) is 2.86. The highest BCUT2D eigenvalue weighted by molar-refractivity contribution is 5.81. The van der Waals surface area contributed by atoms with Gasteiger partial charge < -0.3 is 4.74 Å². The molecular weight excluding hydrogens is 192 g/mol. The first kappa shape index (κ1) is 12.0. The Balaban J connectivity index is 2.12. The van der Waals surface area contributed by atoms with Gasteiger partial charge in [0.25, 0.3) is 0 Å². The maximum atomic E-state index is 11.0. The van der Waals surface area contributed by atoms with E-state index in [1.807, 2.05) is 6.08 Å². The first-order chi connectivity index (χ1) is 7.22. The maximum Gasteiger partial charge on any atom is 0.330 e. The third kappa shape index (κ3) is 4.77. The number of hydrogen-bond acceptors (Lipinski definition) is 3. The van der Waals surface area contributed by atoms with Crippen molar-refractivity contribution in [1.82, 2.24) is 0 Å². The fourth-order valence-corrected chi connectivity index (χ4v) is 1.87. The van der Waals surface area contributed by atoms with Crippen molar-refractivity contribution in [2.45, 2.75) is 38.5 Å². The second kappa shape index (κ2) is 6.38. The van der Waals surface area contributed by atoms with Gasteiger partial charge in [-0.1, -0.05) is 6.08 Å². The second-order valence-corrected chi connectivity index (χ2v) is 3.98. The zero-order valence-electron chi connectivity index (χ0n) is 9.20. The van der Waals surface area contributed by atoms with Crippen molar-refractivity contribution in [2.24, 2.45) is 5.92 Å². The van der Waals surface area contributed by atoms with Gasteiger partial charge in [-0.3, -0.25) is 4.79 Å². The Morgan fingerprint density at radius 3 is 2.73 bits per heavy atom. The number of methoxy groups -OCH3 is 1. The molecule has 0 aromatic heterocycles. The summed E-state index contributed by atoms with van der Waals surface area (Å²) in [6, 6.07) is 0. The van der Waals surface area contributed by atoms with Crippen LogP contribution in [-0.2, 0) is 14.3 Å². The highest BCUT2D eigenvalue weighted by Crippen LogP contribution is 2.25. The van der Waals surface area contributed by atoms with E-state index >= 15 is 0 Å². The van der Waals surface area contributed by atoms with E-state index in [4.69, 9.17) is 0 Å². The predicted molar refractivity (Wildman–Crippen MR) is 57.4 cm³/mol. The Bertz CT molecular complexity index is 246. The fraction of sp³-hybridized carbons (Fsp3) is 0.667. The van der Waals surface area contributed by atoms with E-state index in [2.05, 4.69) is 4.74 Å². The Hall–Kier alpha value is -1.12. The van der Waals surface area contributed by atoms with Gasteiger partial charge in [0.2, 0.25) is 0 Å². The zero-order chi connectivity index (χ0) is 11.1. The molecule has 0 heterocycles. The number of carbonyl (C=O) groups excluding carboxylic acids is 2. The first-order valence-corrected chi connectivity index (χ1v) is 5.48. The number of Topliss-reactive ketones (excluding diaryl/α,β-unsaturated/α-hetero) is 1. The maximum absolute atomic E-state index is 11.0. The molecule has 84 valence electrons. The van der Waals surface area contributed by atoms with E-state index in [1.165, 1.54) is 13.2 Å². The standard InChI is InChI=1S/C12H18O3/c1-15-12(14)5-3-2-4-10-6-8-11(13)9-7-10/h3,5,10H,2,4,6-9H2,1H3/b5-3-. The van der Waals surface area contributed by atoms with Gasteiger partial charge in [-0.25, -0.2) is 4.79 Å². The Kier molecular flexibility index (Phi) is 5.08. The van der Waals surface area contributed by atoms with E-state index in [0.717, 1.165) is 38.5 Å². The van der Waals surface area contributed by atoms with Crippen LogP contribution >= 0.6 is 0 Å².